The minimum atomic E-state index is -0.789. The number of hydrogen-bond donors (Lipinski definition) is 3. The second-order valence-corrected chi connectivity index (χ2v) is 12.9. The van der Waals surface area contributed by atoms with E-state index in [-0.39, 0.29) is 40.8 Å². The van der Waals surface area contributed by atoms with E-state index < -0.39 is 28.5 Å². The standard InChI is InChI=1S/C28H40N6O6/c1-31-24(37)28(33(25(31)38)14-18-15-40-16-18)11-9-27(10-12-28)7-5-19(6-8-27)34-23(36)20(21(29)30)22(35)32(26(34)39)13-17-3-2-4-17/h17-19,35H,2-16H2,1H3,(H3,29,30). The number of nitrogens with one attached hydrogen (secondary N) is 1. The number of carbonyl (C=O) groups is 2. The summed E-state index contributed by atoms with van der Waals surface area (Å²) in [4.78, 5) is 56.3. The third-order valence-electron chi connectivity index (χ3n) is 10.7. The van der Waals surface area contributed by atoms with Crippen molar-refractivity contribution in [3.8, 4) is 5.88 Å². The van der Waals surface area contributed by atoms with Crippen LogP contribution in [0.1, 0.15) is 82.2 Å². The van der Waals surface area contributed by atoms with Crippen molar-refractivity contribution >= 4 is 17.8 Å². The van der Waals surface area contributed by atoms with Gasteiger partial charge in [0.15, 0.2) is 0 Å². The molecule has 0 bridgehead atoms. The first-order chi connectivity index (χ1) is 19.1. The normalized spacial score (nSPS) is 31.2. The van der Waals surface area contributed by atoms with Gasteiger partial charge in [-0.15, -0.1) is 0 Å². The van der Waals surface area contributed by atoms with Crippen molar-refractivity contribution in [2.24, 2.45) is 23.0 Å². The number of aromatic hydroxyl groups is 1. The van der Waals surface area contributed by atoms with Crippen molar-refractivity contribution in [1.82, 2.24) is 18.9 Å². The number of rotatable bonds is 6. The van der Waals surface area contributed by atoms with Gasteiger partial charge < -0.3 is 20.5 Å². The van der Waals surface area contributed by atoms with E-state index in [2.05, 4.69) is 0 Å². The molecule has 2 saturated heterocycles. The second-order valence-electron chi connectivity index (χ2n) is 12.9. The van der Waals surface area contributed by atoms with Gasteiger partial charge in [-0.1, -0.05) is 6.42 Å². The Hall–Kier alpha value is -3.15. The first kappa shape index (κ1) is 27.0. The number of nitrogens with zero attached hydrogens (tertiary/aromatic N) is 4. The minimum Gasteiger partial charge on any atom is -0.494 e. The quantitative estimate of drug-likeness (QED) is 0.273. The van der Waals surface area contributed by atoms with Gasteiger partial charge in [0.25, 0.3) is 11.5 Å². The summed E-state index contributed by atoms with van der Waals surface area (Å²) < 4.78 is 7.77. The Morgan fingerprint density at radius 3 is 2.15 bits per heavy atom. The number of nitrogens with two attached hydrogens (primary N) is 1. The molecule has 2 aliphatic heterocycles. The average Bonchev–Trinajstić information content (AvgIpc) is 3.03. The predicted molar refractivity (Wildman–Crippen MR) is 145 cm³/mol. The highest BCUT2D eigenvalue weighted by Crippen LogP contribution is 2.54. The van der Waals surface area contributed by atoms with Crippen LogP contribution in [0.2, 0.25) is 0 Å². The molecule has 5 aliphatic rings. The van der Waals surface area contributed by atoms with E-state index >= 15 is 0 Å². The fourth-order valence-corrected chi connectivity index (χ4v) is 7.74. The van der Waals surface area contributed by atoms with Crippen molar-refractivity contribution in [3.05, 3.63) is 26.4 Å². The van der Waals surface area contributed by atoms with Crippen LogP contribution in [0.15, 0.2) is 9.59 Å². The molecule has 4 N–H and O–H groups in total. The number of imide groups is 1. The van der Waals surface area contributed by atoms with Crippen LogP contribution >= 0.6 is 0 Å². The number of hydrogen-bond acceptors (Lipinski definition) is 7. The highest BCUT2D eigenvalue weighted by Gasteiger charge is 2.59. The van der Waals surface area contributed by atoms with Crippen LogP contribution in [-0.2, 0) is 16.1 Å². The van der Waals surface area contributed by atoms with Crippen molar-refractivity contribution in [3.63, 3.8) is 0 Å². The van der Waals surface area contributed by atoms with E-state index in [0.717, 1.165) is 44.9 Å². The van der Waals surface area contributed by atoms with E-state index in [1.54, 1.807) is 11.9 Å². The van der Waals surface area contributed by atoms with E-state index in [1.807, 2.05) is 0 Å². The molecular formula is C28H40N6O6. The van der Waals surface area contributed by atoms with Crippen molar-refractivity contribution in [2.75, 3.05) is 26.8 Å². The second kappa shape index (κ2) is 9.74. The number of ether oxygens (including phenoxy) is 1. The summed E-state index contributed by atoms with van der Waals surface area (Å²) in [6.45, 7) is 2.09. The molecular weight excluding hydrogens is 516 g/mol. The van der Waals surface area contributed by atoms with Gasteiger partial charge in [-0.2, -0.15) is 0 Å². The van der Waals surface area contributed by atoms with Gasteiger partial charge in [0, 0.05) is 32.1 Å². The molecule has 0 unspecified atom stereocenters. The van der Waals surface area contributed by atoms with E-state index in [9.17, 15) is 24.3 Å². The lowest BCUT2D eigenvalue weighted by Crippen LogP contribution is -2.56. The van der Waals surface area contributed by atoms with Crippen LogP contribution < -0.4 is 17.0 Å². The van der Waals surface area contributed by atoms with Gasteiger partial charge in [-0.25, -0.2) is 9.59 Å². The molecule has 0 radical (unpaired) electrons. The zero-order valence-electron chi connectivity index (χ0n) is 23.2. The summed E-state index contributed by atoms with van der Waals surface area (Å²) in [5, 5.41) is 18.6. The molecule has 40 heavy (non-hydrogen) atoms. The Morgan fingerprint density at radius 2 is 1.62 bits per heavy atom. The summed E-state index contributed by atoms with van der Waals surface area (Å²) in [5.41, 5.74) is 3.37. The maximum absolute atomic E-state index is 13.5. The van der Waals surface area contributed by atoms with Gasteiger partial charge in [0.1, 0.15) is 16.9 Å². The van der Waals surface area contributed by atoms with Gasteiger partial charge in [-0.05, 0) is 75.5 Å². The van der Waals surface area contributed by atoms with Crippen molar-refractivity contribution in [2.45, 2.75) is 88.8 Å². The Labute approximate surface area is 232 Å². The number of urea groups is 1. The number of nitrogen functional groups attached to an aromatic ring is 1. The lowest BCUT2D eigenvalue weighted by Gasteiger charge is -2.50. The zero-order valence-corrected chi connectivity index (χ0v) is 23.2. The Balaban J connectivity index is 1.20. The van der Waals surface area contributed by atoms with Gasteiger partial charge in [0.05, 0.1) is 13.2 Å². The number of carbonyl (C=O) groups excluding carboxylic acids is 2. The smallest absolute Gasteiger partial charge is 0.334 e. The fraction of sp³-hybridized carbons (Fsp3) is 0.750. The minimum absolute atomic E-state index is 0.00757. The van der Waals surface area contributed by atoms with Crippen LogP contribution in [0.3, 0.4) is 0 Å². The monoisotopic (exact) mass is 556 g/mol. The van der Waals surface area contributed by atoms with Crippen LogP contribution in [0, 0.1) is 22.7 Å². The van der Waals surface area contributed by atoms with E-state index in [4.69, 9.17) is 15.9 Å². The van der Waals surface area contributed by atoms with E-state index in [0.29, 0.717) is 52.0 Å². The lowest BCUT2D eigenvalue weighted by molar-refractivity contribution is -0.137. The lowest BCUT2D eigenvalue weighted by atomic mass is 9.60. The molecule has 0 atom stereocenters. The first-order valence-electron chi connectivity index (χ1n) is 14.7. The molecule has 0 aromatic carbocycles. The SMILES string of the molecule is CN1C(=O)N(CC2COC2)C2(CCC3(CCC(n4c(=O)c(C(=N)N)c(O)n(CC5CCC5)c4=O)CC3)CC2)C1=O. The maximum Gasteiger partial charge on any atom is 0.334 e. The molecule has 2 spiro atoms. The molecule has 3 saturated carbocycles. The molecule has 6 rings (SSSR count). The Kier molecular flexibility index (Phi) is 6.59. The summed E-state index contributed by atoms with van der Waals surface area (Å²) in [7, 11) is 1.57. The number of amidine groups is 1. The average molecular weight is 557 g/mol. The third-order valence-corrected chi connectivity index (χ3v) is 10.7. The molecule has 218 valence electrons. The topological polar surface area (TPSA) is 164 Å². The first-order valence-corrected chi connectivity index (χ1v) is 14.7. The van der Waals surface area contributed by atoms with Crippen LogP contribution in [0.25, 0.3) is 0 Å². The van der Waals surface area contributed by atoms with Gasteiger partial charge in [0.2, 0.25) is 5.88 Å². The molecule has 1 aromatic rings. The van der Waals surface area contributed by atoms with Gasteiger partial charge in [-0.3, -0.25) is 29.0 Å². The number of aromatic nitrogens is 2. The molecule has 3 aliphatic carbocycles. The predicted octanol–water partition coefficient (Wildman–Crippen LogP) is 1.75. The van der Waals surface area contributed by atoms with Crippen molar-refractivity contribution in [1.29, 1.82) is 5.41 Å². The summed E-state index contributed by atoms with van der Waals surface area (Å²) in [6.07, 6.45) is 8.66. The number of likely N-dealkylation sites (N-methyl/N-ethyl adjacent to an activating group) is 1. The van der Waals surface area contributed by atoms with Crippen molar-refractivity contribution < 1.29 is 19.4 Å². The highest BCUT2D eigenvalue weighted by atomic mass is 16.5. The highest BCUT2D eigenvalue weighted by molar-refractivity contribution is 6.06. The summed E-state index contributed by atoms with van der Waals surface area (Å²) in [5.74, 6) is -0.625. The largest absolute Gasteiger partial charge is 0.494 e. The fourth-order valence-electron chi connectivity index (χ4n) is 7.74. The van der Waals surface area contributed by atoms with E-state index in [1.165, 1.54) is 14.0 Å². The summed E-state index contributed by atoms with van der Waals surface area (Å²) >= 11 is 0. The van der Waals surface area contributed by atoms with Gasteiger partial charge >= 0.3 is 11.7 Å². The molecule has 5 fully saturated rings. The molecule has 3 heterocycles. The Bertz CT molecular complexity index is 1340. The molecule has 12 heteroatoms. The Morgan fingerprint density at radius 1 is 0.975 bits per heavy atom. The maximum atomic E-state index is 13.5. The van der Waals surface area contributed by atoms with Crippen LogP contribution in [0.4, 0.5) is 4.79 Å². The molecule has 1 aromatic heterocycles. The third kappa shape index (κ3) is 4.09. The molecule has 12 nitrogen and oxygen atoms in total. The zero-order chi connectivity index (χ0) is 28.4. The molecule has 3 amide bonds. The summed E-state index contributed by atoms with van der Waals surface area (Å²) in [6, 6.07) is -0.563. The van der Waals surface area contributed by atoms with Crippen LogP contribution in [0.5, 0.6) is 5.88 Å². The van der Waals surface area contributed by atoms with Crippen LogP contribution in [-0.4, -0.2) is 74.2 Å². The number of amides is 3.